The number of carbonyl (C=O) groups excluding carboxylic acids is 1. The van der Waals surface area contributed by atoms with E-state index >= 15 is 0 Å². The van der Waals surface area contributed by atoms with Gasteiger partial charge < -0.3 is 15.5 Å². The van der Waals surface area contributed by atoms with Gasteiger partial charge in [-0.2, -0.15) is 0 Å². The Morgan fingerprint density at radius 3 is 2.77 bits per heavy atom. The van der Waals surface area contributed by atoms with Crippen molar-refractivity contribution >= 4 is 33.5 Å². The van der Waals surface area contributed by atoms with Crippen LogP contribution in [0.2, 0.25) is 0 Å². The quantitative estimate of drug-likeness (QED) is 0.636. The van der Waals surface area contributed by atoms with Crippen molar-refractivity contribution in [3.8, 4) is 0 Å². The summed E-state index contributed by atoms with van der Waals surface area (Å²) in [6.07, 6.45) is 2.38. The van der Waals surface area contributed by atoms with Crippen molar-refractivity contribution in [3.63, 3.8) is 0 Å². The molecule has 120 valence electrons. The zero-order valence-corrected chi connectivity index (χ0v) is 14.7. The van der Waals surface area contributed by atoms with Gasteiger partial charge in [-0.25, -0.2) is 4.99 Å². The van der Waals surface area contributed by atoms with Crippen LogP contribution in [0.4, 0.5) is 5.69 Å². The van der Waals surface area contributed by atoms with Crippen molar-refractivity contribution < 1.29 is 4.79 Å². The van der Waals surface area contributed by atoms with Crippen molar-refractivity contribution in [3.05, 3.63) is 28.2 Å². The van der Waals surface area contributed by atoms with Crippen LogP contribution in [0, 0.1) is 6.92 Å². The first kappa shape index (κ1) is 16.8. The van der Waals surface area contributed by atoms with Crippen molar-refractivity contribution in [1.82, 2.24) is 10.2 Å². The van der Waals surface area contributed by atoms with E-state index in [1.807, 2.05) is 32.0 Å². The van der Waals surface area contributed by atoms with Gasteiger partial charge in [-0.15, -0.1) is 0 Å². The van der Waals surface area contributed by atoms with Gasteiger partial charge in [-0.3, -0.25) is 4.79 Å². The molecule has 2 N–H and O–H groups in total. The Morgan fingerprint density at radius 1 is 1.36 bits per heavy atom. The molecule has 1 aliphatic rings. The molecule has 22 heavy (non-hydrogen) atoms. The van der Waals surface area contributed by atoms with E-state index in [0.29, 0.717) is 0 Å². The first-order valence-electron chi connectivity index (χ1n) is 7.69. The maximum Gasteiger partial charge on any atom is 0.246 e. The molecule has 0 saturated carbocycles. The predicted octanol–water partition coefficient (Wildman–Crippen LogP) is 2.76. The van der Waals surface area contributed by atoms with Gasteiger partial charge in [0.2, 0.25) is 5.91 Å². The van der Waals surface area contributed by atoms with Gasteiger partial charge in [0, 0.05) is 29.8 Å². The van der Waals surface area contributed by atoms with Crippen LogP contribution in [-0.2, 0) is 4.79 Å². The third kappa shape index (κ3) is 4.73. The Bertz CT molecular complexity index is 553. The number of aliphatic imine (C=N–C) groups is 1. The van der Waals surface area contributed by atoms with Gasteiger partial charge in [0.15, 0.2) is 5.96 Å². The van der Waals surface area contributed by atoms with E-state index in [0.717, 1.165) is 41.3 Å². The molecule has 0 aromatic heterocycles. The molecule has 0 bridgehead atoms. The number of guanidine groups is 1. The Hall–Kier alpha value is -1.56. The van der Waals surface area contributed by atoms with Gasteiger partial charge in [0.1, 0.15) is 6.54 Å². The molecular weight excluding hydrogens is 344 g/mol. The number of nitrogens with one attached hydrogen (secondary N) is 2. The van der Waals surface area contributed by atoms with E-state index in [1.165, 1.54) is 12.8 Å². The average molecular weight is 367 g/mol. The fourth-order valence-corrected chi connectivity index (χ4v) is 2.78. The van der Waals surface area contributed by atoms with E-state index < -0.39 is 0 Å². The molecule has 1 fully saturated rings. The second-order valence-corrected chi connectivity index (χ2v) is 6.29. The number of benzene rings is 1. The number of hydrogen-bond acceptors (Lipinski definition) is 2. The third-order valence-electron chi connectivity index (χ3n) is 3.59. The molecule has 1 amide bonds. The molecule has 1 aromatic carbocycles. The largest absolute Gasteiger partial charge is 0.357 e. The number of likely N-dealkylation sites (tertiary alicyclic amines) is 1. The lowest BCUT2D eigenvalue weighted by atomic mass is 10.2. The number of rotatable bonds is 4. The second kappa shape index (κ2) is 8.17. The highest BCUT2D eigenvalue weighted by molar-refractivity contribution is 9.10. The molecule has 1 heterocycles. The summed E-state index contributed by atoms with van der Waals surface area (Å²) in [7, 11) is 0. The van der Waals surface area contributed by atoms with Crippen LogP contribution in [0.3, 0.4) is 0 Å². The Morgan fingerprint density at radius 2 is 2.09 bits per heavy atom. The molecule has 6 heteroatoms. The molecule has 0 unspecified atom stereocenters. The SMILES string of the molecule is CCNC(=NCC(=O)Nc1cc(Br)ccc1C)N1CCCC1. The third-order valence-corrected chi connectivity index (χ3v) is 4.08. The summed E-state index contributed by atoms with van der Waals surface area (Å²) in [5.41, 5.74) is 1.85. The Kier molecular flexibility index (Phi) is 6.24. The number of hydrogen-bond donors (Lipinski definition) is 2. The highest BCUT2D eigenvalue weighted by atomic mass is 79.9. The normalized spacial score (nSPS) is 15.0. The van der Waals surface area contributed by atoms with Crippen LogP contribution in [0.1, 0.15) is 25.3 Å². The molecule has 0 radical (unpaired) electrons. The van der Waals surface area contributed by atoms with E-state index in [9.17, 15) is 4.79 Å². The van der Waals surface area contributed by atoms with E-state index in [-0.39, 0.29) is 12.5 Å². The van der Waals surface area contributed by atoms with E-state index in [2.05, 4.69) is 36.5 Å². The Balaban J connectivity index is 1.97. The van der Waals surface area contributed by atoms with Gasteiger partial charge >= 0.3 is 0 Å². The van der Waals surface area contributed by atoms with Crippen LogP contribution in [0.5, 0.6) is 0 Å². The van der Waals surface area contributed by atoms with Gasteiger partial charge in [-0.05, 0) is 44.4 Å². The maximum absolute atomic E-state index is 12.1. The summed E-state index contributed by atoms with van der Waals surface area (Å²) in [6.45, 7) is 6.97. The standard InChI is InChI=1S/C16H23BrN4O/c1-3-18-16(21-8-4-5-9-21)19-11-15(22)20-14-10-13(17)7-6-12(14)2/h6-7,10H,3-5,8-9,11H2,1-2H3,(H,18,19)(H,20,22). The lowest BCUT2D eigenvalue weighted by molar-refractivity contribution is -0.114. The highest BCUT2D eigenvalue weighted by Crippen LogP contribution is 2.20. The summed E-state index contributed by atoms with van der Waals surface area (Å²) in [4.78, 5) is 18.8. The Labute approximate surface area is 140 Å². The monoisotopic (exact) mass is 366 g/mol. The van der Waals surface area contributed by atoms with E-state index in [4.69, 9.17) is 0 Å². The molecule has 5 nitrogen and oxygen atoms in total. The smallest absolute Gasteiger partial charge is 0.246 e. The number of amides is 1. The fourth-order valence-electron chi connectivity index (χ4n) is 2.42. The van der Waals surface area contributed by atoms with Crippen molar-refractivity contribution in [2.24, 2.45) is 4.99 Å². The molecular formula is C16H23BrN4O. The highest BCUT2D eigenvalue weighted by Gasteiger charge is 2.16. The minimum atomic E-state index is -0.101. The van der Waals surface area contributed by atoms with Crippen LogP contribution >= 0.6 is 15.9 Å². The summed E-state index contributed by atoms with van der Waals surface area (Å²) in [5.74, 6) is 0.733. The number of aryl methyl sites for hydroxylation is 1. The molecule has 1 aliphatic heterocycles. The van der Waals surface area contributed by atoms with Crippen molar-refractivity contribution in [1.29, 1.82) is 0 Å². The lowest BCUT2D eigenvalue weighted by Gasteiger charge is -2.20. The summed E-state index contributed by atoms with van der Waals surface area (Å²) < 4.78 is 0.947. The molecule has 1 aromatic rings. The number of nitrogens with zero attached hydrogens (tertiary/aromatic N) is 2. The summed E-state index contributed by atoms with van der Waals surface area (Å²) in [5, 5.41) is 6.17. The second-order valence-electron chi connectivity index (χ2n) is 5.37. The summed E-state index contributed by atoms with van der Waals surface area (Å²) >= 11 is 3.42. The number of halogens is 1. The van der Waals surface area contributed by atoms with Gasteiger partial charge in [0.05, 0.1) is 0 Å². The molecule has 1 saturated heterocycles. The number of anilines is 1. The van der Waals surface area contributed by atoms with E-state index in [1.54, 1.807) is 0 Å². The molecule has 0 aliphatic carbocycles. The molecule has 0 atom stereocenters. The van der Waals surface area contributed by atoms with Crippen LogP contribution < -0.4 is 10.6 Å². The van der Waals surface area contributed by atoms with Crippen molar-refractivity contribution in [2.45, 2.75) is 26.7 Å². The van der Waals surface area contributed by atoms with Gasteiger partial charge in [0.25, 0.3) is 0 Å². The minimum Gasteiger partial charge on any atom is -0.357 e. The first-order chi connectivity index (χ1) is 10.6. The number of carbonyl (C=O) groups is 1. The van der Waals surface area contributed by atoms with Gasteiger partial charge in [-0.1, -0.05) is 22.0 Å². The molecule has 2 rings (SSSR count). The average Bonchev–Trinajstić information content (AvgIpc) is 3.01. The van der Waals surface area contributed by atoms with Crippen LogP contribution in [0.25, 0.3) is 0 Å². The van der Waals surface area contributed by atoms with Crippen LogP contribution in [-0.4, -0.2) is 42.9 Å². The zero-order valence-electron chi connectivity index (χ0n) is 13.2. The maximum atomic E-state index is 12.1. The van der Waals surface area contributed by atoms with Crippen LogP contribution in [0.15, 0.2) is 27.7 Å². The lowest BCUT2D eigenvalue weighted by Crippen LogP contribution is -2.40. The topological polar surface area (TPSA) is 56.7 Å². The zero-order chi connectivity index (χ0) is 15.9. The minimum absolute atomic E-state index is 0.101. The van der Waals surface area contributed by atoms with Crippen molar-refractivity contribution in [2.75, 3.05) is 31.5 Å². The predicted molar refractivity (Wildman–Crippen MR) is 94.3 cm³/mol. The fraction of sp³-hybridized carbons (Fsp3) is 0.500. The summed E-state index contributed by atoms with van der Waals surface area (Å²) in [6, 6.07) is 5.83. The first-order valence-corrected chi connectivity index (χ1v) is 8.48. The molecule has 0 spiro atoms.